The zero-order chi connectivity index (χ0) is 14.4. The molecular weight excluding hydrogens is 274 g/mol. The van der Waals surface area contributed by atoms with Gasteiger partial charge in [0.25, 0.3) is 5.56 Å². The van der Waals surface area contributed by atoms with E-state index in [0.29, 0.717) is 11.1 Å². The van der Waals surface area contributed by atoms with E-state index in [4.69, 9.17) is 0 Å². The molecule has 0 aliphatic heterocycles. The molecule has 0 fully saturated rings. The molecule has 2 heterocycles. The lowest BCUT2D eigenvalue weighted by Gasteiger charge is -2.04. The molecule has 20 heavy (non-hydrogen) atoms. The van der Waals surface area contributed by atoms with Gasteiger partial charge in [-0.3, -0.25) is 4.79 Å². The summed E-state index contributed by atoms with van der Waals surface area (Å²) in [5.74, 6) is 0.574. The highest BCUT2D eigenvalue weighted by molar-refractivity contribution is 7.99. The van der Waals surface area contributed by atoms with Gasteiger partial charge in [0.1, 0.15) is 5.03 Å². The molecule has 0 aliphatic carbocycles. The van der Waals surface area contributed by atoms with E-state index in [0.717, 1.165) is 30.1 Å². The zero-order valence-electron chi connectivity index (χ0n) is 11.5. The van der Waals surface area contributed by atoms with E-state index < -0.39 is 0 Å². The summed E-state index contributed by atoms with van der Waals surface area (Å²) in [6.07, 6.45) is 3.43. The summed E-state index contributed by atoms with van der Waals surface area (Å²) in [6, 6.07) is 3.33. The molecule has 0 aromatic carbocycles. The maximum Gasteiger partial charge on any atom is 0.251 e. The largest absolute Gasteiger partial charge is 0.354 e. The number of H-pyrrole nitrogens is 1. The molecule has 0 unspecified atom stereocenters. The fourth-order valence-electron chi connectivity index (χ4n) is 1.66. The van der Waals surface area contributed by atoms with Crippen LogP contribution in [-0.4, -0.2) is 26.5 Å². The summed E-state index contributed by atoms with van der Waals surface area (Å²) in [7, 11) is 0. The van der Waals surface area contributed by atoms with Gasteiger partial charge in [-0.25, -0.2) is 15.0 Å². The average molecular weight is 291 g/mol. The summed E-state index contributed by atoms with van der Waals surface area (Å²) in [6.45, 7) is 4.80. The van der Waals surface area contributed by atoms with Crippen LogP contribution < -0.4 is 10.9 Å². The summed E-state index contributed by atoms with van der Waals surface area (Å²) in [5.41, 5.74) is 0.673. The van der Waals surface area contributed by atoms with Gasteiger partial charge >= 0.3 is 0 Å². The molecule has 0 radical (unpaired) electrons. The van der Waals surface area contributed by atoms with Crippen molar-refractivity contribution < 1.29 is 0 Å². The van der Waals surface area contributed by atoms with Crippen LogP contribution in [0, 0.1) is 0 Å². The number of aromatic nitrogens is 4. The minimum Gasteiger partial charge on any atom is -0.354 e. The van der Waals surface area contributed by atoms with Gasteiger partial charge in [0.2, 0.25) is 5.95 Å². The van der Waals surface area contributed by atoms with E-state index in [9.17, 15) is 4.79 Å². The number of nitrogens with zero attached hydrogens (tertiary/aromatic N) is 3. The molecule has 7 heteroatoms. The predicted octanol–water partition coefficient (Wildman–Crippen LogP) is 2.10. The van der Waals surface area contributed by atoms with Crippen molar-refractivity contribution in [2.75, 3.05) is 11.9 Å². The molecule has 2 rings (SSSR count). The fraction of sp³-hybridized carbons (Fsp3) is 0.385. The Kier molecular flexibility index (Phi) is 5.11. The number of hydrogen-bond donors (Lipinski definition) is 2. The van der Waals surface area contributed by atoms with Crippen molar-refractivity contribution in [2.24, 2.45) is 0 Å². The Labute approximate surface area is 121 Å². The highest BCUT2D eigenvalue weighted by atomic mass is 32.2. The van der Waals surface area contributed by atoms with Crippen LogP contribution in [0.25, 0.3) is 0 Å². The second-order valence-electron chi connectivity index (χ2n) is 4.14. The summed E-state index contributed by atoms with van der Waals surface area (Å²) in [5, 5.41) is 4.35. The number of aromatic amines is 1. The van der Waals surface area contributed by atoms with Crippen LogP contribution in [0.3, 0.4) is 0 Å². The second kappa shape index (κ2) is 7.04. The predicted molar refractivity (Wildman–Crippen MR) is 79.2 cm³/mol. The molecule has 0 spiro atoms. The Morgan fingerprint density at radius 2 is 2.20 bits per heavy atom. The normalized spacial score (nSPS) is 10.5. The van der Waals surface area contributed by atoms with Crippen LogP contribution in [0.15, 0.2) is 33.3 Å². The maximum atomic E-state index is 11.6. The summed E-state index contributed by atoms with van der Waals surface area (Å²) >= 11 is 1.32. The van der Waals surface area contributed by atoms with Gasteiger partial charge in [0.15, 0.2) is 5.16 Å². The molecule has 0 amide bonds. The lowest BCUT2D eigenvalue weighted by atomic mass is 10.2. The van der Waals surface area contributed by atoms with Crippen molar-refractivity contribution in [1.29, 1.82) is 0 Å². The zero-order valence-corrected chi connectivity index (χ0v) is 12.3. The quantitative estimate of drug-likeness (QED) is 0.626. The molecule has 0 saturated carbocycles. The Hall–Kier alpha value is -1.89. The van der Waals surface area contributed by atoms with Crippen LogP contribution in [0.2, 0.25) is 0 Å². The number of nitrogens with one attached hydrogen (secondary N) is 2. The topological polar surface area (TPSA) is 83.6 Å². The van der Waals surface area contributed by atoms with Crippen molar-refractivity contribution in [3.63, 3.8) is 0 Å². The monoisotopic (exact) mass is 291 g/mol. The van der Waals surface area contributed by atoms with Gasteiger partial charge in [-0.05, 0) is 31.2 Å². The van der Waals surface area contributed by atoms with Crippen LogP contribution in [-0.2, 0) is 6.42 Å². The number of hydrogen-bond acceptors (Lipinski definition) is 6. The summed E-state index contributed by atoms with van der Waals surface area (Å²) in [4.78, 5) is 27.2. The molecule has 2 aromatic rings. The lowest BCUT2D eigenvalue weighted by Crippen LogP contribution is -2.10. The summed E-state index contributed by atoms with van der Waals surface area (Å²) < 4.78 is 0. The third-order valence-electron chi connectivity index (χ3n) is 2.45. The SMILES string of the molecule is CCCc1cc(=O)[nH]c(Sc2ccnc(NCC)n2)n1. The van der Waals surface area contributed by atoms with E-state index in [2.05, 4.69) is 32.2 Å². The third-order valence-corrected chi connectivity index (χ3v) is 3.27. The first-order valence-corrected chi connectivity index (χ1v) is 7.38. The molecule has 2 N–H and O–H groups in total. The van der Waals surface area contributed by atoms with Gasteiger partial charge in [-0.2, -0.15) is 0 Å². The standard InChI is InChI=1S/C13H17N5OS/c1-3-5-9-8-10(19)17-13(16-9)20-11-6-7-15-12(18-11)14-4-2/h6-8H,3-5H2,1-2H3,(H,14,15,18)(H,16,17,19). The molecule has 2 aromatic heterocycles. The molecule has 0 aliphatic rings. The molecule has 106 valence electrons. The first-order valence-electron chi connectivity index (χ1n) is 6.56. The first-order chi connectivity index (χ1) is 9.71. The number of rotatable bonds is 6. The lowest BCUT2D eigenvalue weighted by molar-refractivity contribution is 0.815. The highest BCUT2D eigenvalue weighted by Gasteiger charge is 2.05. The molecule has 6 nitrogen and oxygen atoms in total. The Morgan fingerprint density at radius 3 is 2.95 bits per heavy atom. The Balaban J connectivity index is 2.20. The van der Waals surface area contributed by atoms with E-state index in [1.165, 1.54) is 17.8 Å². The molecule has 0 bridgehead atoms. The van der Waals surface area contributed by atoms with Crippen molar-refractivity contribution in [3.8, 4) is 0 Å². The second-order valence-corrected chi connectivity index (χ2v) is 5.15. The minimum absolute atomic E-state index is 0.132. The van der Waals surface area contributed by atoms with Gasteiger partial charge < -0.3 is 10.3 Å². The molecular formula is C13H17N5OS. The smallest absolute Gasteiger partial charge is 0.251 e. The van der Waals surface area contributed by atoms with Crippen molar-refractivity contribution in [2.45, 2.75) is 36.9 Å². The van der Waals surface area contributed by atoms with Crippen LogP contribution >= 0.6 is 11.8 Å². The van der Waals surface area contributed by atoms with Gasteiger partial charge in [-0.1, -0.05) is 13.3 Å². The molecule has 0 atom stereocenters. The first kappa shape index (κ1) is 14.5. The van der Waals surface area contributed by atoms with Crippen LogP contribution in [0.4, 0.5) is 5.95 Å². The van der Waals surface area contributed by atoms with Gasteiger partial charge in [0.05, 0.1) is 0 Å². The Morgan fingerprint density at radius 1 is 1.35 bits per heavy atom. The van der Waals surface area contributed by atoms with E-state index in [1.807, 2.05) is 6.92 Å². The Bertz CT molecular complexity index is 628. The van der Waals surface area contributed by atoms with Crippen molar-refractivity contribution in [3.05, 3.63) is 34.4 Å². The van der Waals surface area contributed by atoms with E-state index in [1.54, 1.807) is 12.3 Å². The average Bonchev–Trinajstić information content (AvgIpc) is 2.39. The van der Waals surface area contributed by atoms with Gasteiger partial charge in [-0.15, -0.1) is 0 Å². The minimum atomic E-state index is -0.132. The maximum absolute atomic E-state index is 11.6. The van der Waals surface area contributed by atoms with E-state index in [-0.39, 0.29) is 5.56 Å². The number of anilines is 1. The van der Waals surface area contributed by atoms with Crippen LogP contribution in [0.1, 0.15) is 26.0 Å². The highest BCUT2D eigenvalue weighted by Crippen LogP contribution is 2.22. The van der Waals surface area contributed by atoms with E-state index >= 15 is 0 Å². The molecule has 0 saturated heterocycles. The fourth-order valence-corrected chi connectivity index (χ4v) is 2.43. The van der Waals surface area contributed by atoms with Crippen molar-refractivity contribution in [1.82, 2.24) is 19.9 Å². The third kappa shape index (κ3) is 4.06. The number of aryl methyl sites for hydroxylation is 1. The van der Waals surface area contributed by atoms with Crippen LogP contribution in [0.5, 0.6) is 0 Å². The van der Waals surface area contributed by atoms with Gasteiger partial charge in [0, 0.05) is 24.5 Å². The van der Waals surface area contributed by atoms with Crippen molar-refractivity contribution >= 4 is 17.7 Å².